The molecule has 0 fully saturated rings. The zero-order chi connectivity index (χ0) is 14.6. The molecular weight excluding hydrogens is 282 g/mol. The normalized spacial score (nSPS) is 14.6. The van der Waals surface area contributed by atoms with Crippen LogP contribution in [0.15, 0.2) is 29.4 Å². The Kier molecular flexibility index (Phi) is 4.39. The van der Waals surface area contributed by atoms with E-state index in [1.165, 1.54) is 7.11 Å². The molecule has 1 aliphatic rings. The van der Waals surface area contributed by atoms with Crippen LogP contribution in [0.5, 0.6) is 0 Å². The molecule has 0 aromatic heterocycles. The predicted molar refractivity (Wildman–Crippen MR) is 73.3 cm³/mol. The van der Waals surface area contributed by atoms with Crippen molar-refractivity contribution < 1.29 is 22.8 Å². The van der Waals surface area contributed by atoms with Crippen molar-refractivity contribution >= 4 is 21.5 Å². The van der Waals surface area contributed by atoms with Crippen molar-refractivity contribution in [2.75, 3.05) is 19.5 Å². The van der Waals surface area contributed by atoms with E-state index in [1.807, 2.05) is 0 Å². The van der Waals surface area contributed by atoms with Crippen molar-refractivity contribution in [1.29, 1.82) is 0 Å². The number of oxime groups is 1. The summed E-state index contributed by atoms with van der Waals surface area (Å²) >= 11 is 0. The molecule has 108 valence electrons. The fraction of sp³-hybridized carbons (Fsp3) is 0.385. The average Bonchev–Trinajstić information content (AvgIpc) is 2.90. The Balaban J connectivity index is 2.03. The summed E-state index contributed by atoms with van der Waals surface area (Å²) in [6.45, 7) is 0.443. The van der Waals surface area contributed by atoms with Crippen molar-refractivity contribution in [3.8, 4) is 0 Å². The number of esters is 1. The first-order chi connectivity index (χ1) is 9.50. The molecule has 0 unspecified atom stereocenters. The van der Waals surface area contributed by atoms with E-state index < -0.39 is 15.8 Å². The van der Waals surface area contributed by atoms with E-state index in [1.54, 1.807) is 24.3 Å². The maximum absolute atomic E-state index is 12.0. The number of ether oxygens (including phenoxy) is 1. The lowest BCUT2D eigenvalue weighted by molar-refractivity contribution is 0.0600. The number of benzene rings is 1. The number of carbonyl (C=O) groups is 1. The summed E-state index contributed by atoms with van der Waals surface area (Å²) < 4.78 is 28.6. The minimum Gasteiger partial charge on any atom is -0.465 e. The van der Waals surface area contributed by atoms with Gasteiger partial charge in [-0.3, -0.25) is 0 Å². The molecule has 0 bridgehead atoms. The van der Waals surface area contributed by atoms with Gasteiger partial charge in [0.15, 0.2) is 9.84 Å². The number of carbonyl (C=O) groups excluding carboxylic acids is 1. The predicted octanol–water partition coefficient (Wildman–Crippen LogP) is 1.16. The molecule has 2 rings (SSSR count). The summed E-state index contributed by atoms with van der Waals surface area (Å²) in [4.78, 5) is 16.0. The Hall–Kier alpha value is -1.89. The number of hydrogen-bond donors (Lipinski definition) is 0. The van der Waals surface area contributed by atoms with Crippen LogP contribution in [-0.4, -0.2) is 39.6 Å². The number of hydrogen-bond acceptors (Lipinski definition) is 6. The average molecular weight is 297 g/mol. The van der Waals surface area contributed by atoms with Crippen molar-refractivity contribution in [3.05, 3.63) is 35.4 Å². The molecule has 0 amide bonds. The molecule has 1 aliphatic heterocycles. The largest absolute Gasteiger partial charge is 0.465 e. The fourth-order valence-electron chi connectivity index (χ4n) is 1.86. The van der Waals surface area contributed by atoms with Crippen molar-refractivity contribution in [1.82, 2.24) is 0 Å². The Bertz CT molecular complexity index is 619. The first-order valence-electron chi connectivity index (χ1n) is 6.05. The summed E-state index contributed by atoms with van der Waals surface area (Å²) in [6.07, 6.45) is 0.556. The Labute approximate surface area is 117 Å². The lowest BCUT2D eigenvalue weighted by Gasteiger charge is -2.05. The molecule has 0 atom stereocenters. The number of methoxy groups -OCH3 is 1. The van der Waals surface area contributed by atoms with Gasteiger partial charge in [-0.25, -0.2) is 13.2 Å². The van der Waals surface area contributed by atoms with E-state index in [0.717, 1.165) is 0 Å². The van der Waals surface area contributed by atoms with E-state index in [-0.39, 0.29) is 11.5 Å². The van der Waals surface area contributed by atoms with Gasteiger partial charge in [-0.1, -0.05) is 17.3 Å². The molecule has 7 heteroatoms. The van der Waals surface area contributed by atoms with Gasteiger partial charge in [0.05, 0.1) is 29.9 Å². The van der Waals surface area contributed by atoms with Crippen LogP contribution in [0.4, 0.5) is 0 Å². The van der Waals surface area contributed by atoms with Gasteiger partial charge >= 0.3 is 5.97 Å². The van der Waals surface area contributed by atoms with Crippen LogP contribution in [0.3, 0.4) is 0 Å². The Morgan fingerprint density at radius 2 is 2.00 bits per heavy atom. The monoisotopic (exact) mass is 297 g/mol. The number of sulfone groups is 1. The van der Waals surface area contributed by atoms with Gasteiger partial charge < -0.3 is 9.57 Å². The summed E-state index contributed by atoms with van der Waals surface area (Å²) in [6, 6.07) is 6.31. The maximum Gasteiger partial charge on any atom is 0.337 e. The zero-order valence-electron chi connectivity index (χ0n) is 11.0. The second kappa shape index (κ2) is 6.04. The molecule has 0 aliphatic carbocycles. The van der Waals surface area contributed by atoms with Gasteiger partial charge in [0.25, 0.3) is 0 Å². The molecule has 6 nitrogen and oxygen atoms in total. The highest BCUT2D eigenvalue weighted by molar-refractivity contribution is 7.91. The highest BCUT2D eigenvalue weighted by Crippen LogP contribution is 2.12. The quantitative estimate of drug-likeness (QED) is 0.762. The van der Waals surface area contributed by atoms with Crippen LogP contribution in [0, 0.1) is 0 Å². The second-order valence-corrected chi connectivity index (χ2v) is 6.53. The van der Waals surface area contributed by atoms with Crippen molar-refractivity contribution in [2.45, 2.75) is 12.2 Å². The molecule has 1 heterocycles. The molecule has 20 heavy (non-hydrogen) atoms. The molecule has 1 aromatic carbocycles. The summed E-state index contributed by atoms with van der Waals surface area (Å²) in [7, 11) is -1.99. The van der Waals surface area contributed by atoms with E-state index in [9.17, 15) is 13.2 Å². The van der Waals surface area contributed by atoms with Crippen LogP contribution in [0.2, 0.25) is 0 Å². The smallest absolute Gasteiger partial charge is 0.337 e. The SMILES string of the molecule is COC(=O)c1ccc(CS(=O)(=O)CC2=NOCC2)cc1. The minimum absolute atomic E-state index is 0.0898. The van der Waals surface area contributed by atoms with E-state index in [4.69, 9.17) is 4.84 Å². The third kappa shape index (κ3) is 3.80. The van der Waals surface area contributed by atoms with E-state index >= 15 is 0 Å². The zero-order valence-corrected chi connectivity index (χ0v) is 11.9. The molecule has 0 radical (unpaired) electrons. The molecule has 0 spiro atoms. The number of nitrogens with zero attached hydrogens (tertiary/aromatic N) is 1. The minimum atomic E-state index is -3.28. The third-order valence-corrected chi connectivity index (χ3v) is 4.37. The third-order valence-electron chi connectivity index (χ3n) is 2.82. The van der Waals surface area contributed by atoms with Gasteiger partial charge in [0.1, 0.15) is 6.61 Å². The molecular formula is C13H15NO5S. The Morgan fingerprint density at radius 1 is 1.30 bits per heavy atom. The molecule has 0 N–H and O–H groups in total. The van der Waals surface area contributed by atoms with Crippen molar-refractivity contribution in [3.63, 3.8) is 0 Å². The van der Waals surface area contributed by atoms with Crippen LogP contribution >= 0.6 is 0 Å². The summed E-state index contributed by atoms with van der Waals surface area (Å²) in [5.74, 6) is -0.629. The van der Waals surface area contributed by atoms with Gasteiger partial charge in [0.2, 0.25) is 0 Å². The second-order valence-electron chi connectivity index (χ2n) is 4.46. The topological polar surface area (TPSA) is 82.0 Å². The highest BCUT2D eigenvalue weighted by Gasteiger charge is 2.19. The Morgan fingerprint density at radius 3 is 2.55 bits per heavy atom. The van der Waals surface area contributed by atoms with Crippen LogP contribution in [0.25, 0.3) is 0 Å². The van der Waals surface area contributed by atoms with Gasteiger partial charge in [0, 0.05) is 6.42 Å². The summed E-state index contributed by atoms with van der Waals surface area (Å²) in [5.41, 5.74) is 1.57. The standard InChI is InChI=1S/C13H15NO5S/c1-18-13(15)11-4-2-10(3-5-11)8-20(16,17)9-12-6-7-19-14-12/h2-5H,6-9H2,1H3. The molecule has 0 saturated carbocycles. The molecule has 0 saturated heterocycles. The van der Waals surface area contributed by atoms with Crippen LogP contribution in [0.1, 0.15) is 22.3 Å². The van der Waals surface area contributed by atoms with Gasteiger partial charge in [-0.15, -0.1) is 0 Å². The first-order valence-corrected chi connectivity index (χ1v) is 7.88. The number of rotatable bonds is 5. The fourth-order valence-corrected chi connectivity index (χ4v) is 3.37. The summed E-state index contributed by atoms with van der Waals surface area (Å²) in [5, 5.41) is 3.69. The van der Waals surface area contributed by atoms with E-state index in [0.29, 0.717) is 29.9 Å². The van der Waals surface area contributed by atoms with E-state index in [2.05, 4.69) is 9.89 Å². The first kappa shape index (κ1) is 14.5. The maximum atomic E-state index is 12.0. The lowest BCUT2D eigenvalue weighted by Crippen LogP contribution is -2.16. The lowest BCUT2D eigenvalue weighted by atomic mass is 10.1. The van der Waals surface area contributed by atoms with Crippen molar-refractivity contribution in [2.24, 2.45) is 5.16 Å². The van der Waals surface area contributed by atoms with Gasteiger partial charge in [-0.05, 0) is 17.7 Å². The van der Waals surface area contributed by atoms with Gasteiger partial charge in [-0.2, -0.15) is 0 Å². The molecule has 1 aromatic rings. The highest BCUT2D eigenvalue weighted by atomic mass is 32.2. The van der Waals surface area contributed by atoms with Crippen LogP contribution < -0.4 is 0 Å². The van der Waals surface area contributed by atoms with Crippen LogP contribution in [-0.2, 0) is 25.2 Å².